The van der Waals surface area contributed by atoms with Gasteiger partial charge in [0.2, 0.25) is 0 Å². The first-order valence-corrected chi connectivity index (χ1v) is 12.2. The van der Waals surface area contributed by atoms with E-state index in [2.05, 4.69) is 107 Å². The molecule has 6 aromatic rings. The molecular formula is C34H29N2+. The van der Waals surface area contributed by atoms with Crippen molar-refractivity contribution in [2.75, 3.05) is 0 Å². The summed E-state index contributed by atoms with van der Waals surface area (Å²) < 4.78 is 28.3. The lowest BCUT2D eigenvalue weighted by Gasteiger charge is -2.15. The molecule has 0 fully saturated rings. The SMILES string of the molecule is [2H]C([2H])([2H])c1ccc(-c2n(-c3c(-c4ccccc4)cccc3-c3ccccc3)c3ccccc3[n+]2C)c(C)c1. The number of para-hydroxylation sites is 3. The number of hydrogen-bond acceptors (Lipinski definition) is 0. The van der Waals surface area contributed by atoms with Crippen LogP contribution in [0.3, 0.4) is 0 Å². The zero-order chi connectivity index (χ0) is 27.1. The van der Waals surface area contributed by atoms with E-state index in [4.69, 9.17) is 4.11 Å². The molecule has 0 saturated heterocycles. The molecule has 1 heterocycles. The smallest absolute Gasteiger partial charge is 0.225 e. The summed E-state index contributed by atoms with van der Waals surface area (Å²) in [4.78, 5) is 0. The Labute approximate surface area is 216 Å². The van der Waals surface area contributed by atoms with E-state index in [0.29, 0.717) is 5.56 Å². The molecule has 0 saturated carbocycles. The van der Waals surface area contributed by atoms with Crippen molar-refractivity contribution in [2.24, 2.45) is 7.05 Å². The fourth-order valence-electron chi connectivity index (χ4n) is 5.24. The van der Waals surface area contributed by atoms with Crippen molar-refractivity contribution in [1.82, 2.24) is 4.57 Å². The highest BCUT2D eigenvalue weighted by Crippen LogP contribution is 2.40. The average molecular weight is 469 g/mol. The van der Waals surface area contributed by atoms with Crippen LogP contribution in [0.15, 0.2) is 121 Å². The molecule has 0 aliphatic rings. The van der Waals surface area contributed by atoms with Crippen molar-refractivity contribution in [2.45, 2.75) is 13.8 Å². The summed E-state index contributed by atoms with van der Waals surface area (Å²) in [5.74, 6) is 0.992. The molecule has 2 heteroatoms. The van der Waals surface area contributed by atoms with Gasteiger partial charge in [0, 0.05) is 15.2 Å². The Hall–Kier alpha value is -4.43. The van der Waals surface area contributed by atoms with E-state index in [1.165, 1.54) is 0 Å². The summed E-state index contributed by atoms with van der Waals surface area (Å²) >= 11 is 0. The Kier molecular flexibility index (Phi) is 4.70. The molecular weight excluding hydrogens is 436 g/mol. The highest BCUT2D eigenvalue weighted by Gasteiger charge is 2.30. The zero-order valence-corrected chi connectivity index (χ0v) is 20.4. The van der Waals surface area contributed by atoms with Gasteiger partial charge >= 0.3 is 0 Å². The molecule has 36 heavy (non-hydrogen) atoms. The standard InChI is InChI=1S/C34H29N2/c1-24-21-22-28(25(2)23-24)34-35(3)31-19-10-11-20-32(31)36(34)33-29(26-13-6-4-7-14-26)17-12-18-30(33)27-15-8-5-9-16-27/h4-23H,1-3H3/q+1/i1D3. The Morgan fingerprint density at radius 2 is 1.25 bits per heavy atom. The van der Waals surface area contributed by atoms with Crippen molar-refractivity contribution >= 4 is 11.0 Å². The lowest BCUT2D eigenvalue weighted by Crippen LogP contribution is -2.30. The third-order valence-corrected chi connectivity index (χ3v) is 6.91. The van der Waals surface area contributed by atoms with Gasteiger partial charge in [-0.3, -0.25) is 0 Å². The van der Waals surface area contributed by atoms with E-state index in [1.54, 1.807) is 12.1 Å². The Balaban J connectivity index is 1.76. The van der Waals surface area contributed by atoms with Gasteiger partial charge in [0.05, 0.1) is 12.6 Å². The van der Waals surface area contributed by atoms with Crippen molar-refractivity contribution < 1.29 is 8.68 Å². The summed E-state index contributed by atoms with van der Waals surface area (Å²) in [5, 5.41) is 0. The van der Waals surface area contributed by atoms with Gasteiger partial charge in [-0.25, -0.2) is 4.57 Å². The fourth-order valence-corrected chi connectivity index (χ4v) is 5.24. The average Bonchev–Trinajstić information content (AvgIpc) is 3.24. The number of hydrogen-bond donors (Lipinski definition) is 0. The molecule has 6 rings (SSSR count). The number of aromatic nitrogens is 2. The number of rotatable bonds is 4. The van der Waals surface area contributed by atoms with Gasteiger partial charge in [-0.1, -0.05) is 109 Å². The van der Waals surface area contributed by atoms with Gasteiger partial charge in [-0.15, -0.1) is 0 Å². The second kappa shape index (κ2) is 8.98. The summed E-state index contributed by atoms with van der Waals surface area (Å²) in [6.07, 6.45) is 0. The molecule has 0 N–H and O–H groups in total. The van der Waals surface area contributed by atoms with Gasteiger partial charge in [0.1, 0.15) is 5.69 Å². The number of nitrogens with zero attached hydrogens (tertiary/aromatic N) is 2. The molecule has 0 atom stereocenters. The first kappa shape index (κ1) is 18.8. The number of aryl methyl sites for hydroxylation is 3. The van der Waals surface area contributed by atoms with Gasteiger partial charge in [-0.05, 0) is 48.7 Å². The minimum atomic E-state index is -2.15. The minimum Gasteiger partial charge on any atom is -0.225 e. The quantitative estimate of drug-likeness (QED) is 0.231. The Bertz CT molecular complexity index is 1740. The van der Waals surface area contributed by atoms with E-state index in [1.807, 2.05) is 25.1 Å². The molecule has 5 aromatic carbocycles. The Morgan fingerprint density at radius 3 is 1.86 bits per heavy atom. The zero-order valence-electron chi connectivity index (χ0n) is 23.4. The van der Waals surface area contributed by atoms with Crippen molar-refractivity contribution in [1.29, 1.82) is 0 Å². The summed E-state index contributed by atoms with van der Waals surface area (Å²) in [6, 6.07) is 41.3. The molecule has 0 amide bonds. The topological polar surface area (TPSA) is 8.81 Å². The number of benzene rings is 5. The second-order valence-electron chi connectivity index (χ2n) is 9.17. The molecule has 0 radical (unpaired) electrons. The first-order chi connectivity index (χ1) is 18.8. The molecule has 2 nitrogen and oxygen atoms in total. The molecule has 0 bridgehead atoms. The maximum absolute atomic E-state index is 7.92. The van der Waals surface area contributed by atoms with Crippen molar-refractivity contribution in [3.05, 3.63) is 132 Å². The predicted molar refractivity (Wildman–Crippen MR) is 150 cm³/mol. The third-order valence-electron chi connectivity index (χ3n) is 6.91. The highest BCUT2D eigenvalue weighted by molar-refractivity contribution is 5.90. The van der Waals surface area contributed by atoms with Gasteiger partial charge in [0.25, 0.3) is 5.82 Å². The van der Waals surface area contributed by atoms with E-state index < -0.39 is 6.85 Å². The van der Waals surface area contributed by atoms with Crippen LogP contribution in [0, 0.1) is 13.8 Å². The summed E-state index contributed by atoms with van der Waals surface area (Å²) in [5.41, 5.74) is 10.0. The van der Waals surface area contributed by atoms with Crippen LogP contribution in [0.4, 0.5) is 0 Å². The van der Waals surface area contributed by atoms with Crippen molar-refractivity contribution in [3.8, 4) is 39.3 Å². The lowest BCUT2D eigenvalue weighted by molar-refractivity contribution is -0.633. The molecule has 174 valence electrons. The van der Waals surface area contributed by atoms with E-state index in [-0.39, 0.29) is 0 Å². The molecule has 0 aliphatic carbocycles. The number of fused-ring (bicyclic) bond motifs is 1. The lowest BCUT2D eigenvalue weighted by atomic mass is 9.95. The fraction of sp³-hybridized carbons (Fsp3) is 0.0882. The summed E-state index contributed by atoms with van der Waals surface area (Å²) in [6.45, 7) is -0.160. The highest BCUT2D eigenvalue weighted by atomic mass is 15.2. The van der Waals surface area contributed by atoms with E-state index in [9.17, 15) is 0 Å². The third kappa shape index (κ3) is 3.63. The largest absolute Gasteiger partial charge is 0.295 e. The van der Waals surface area contributed by atoms with Gasteiger partial charge in [-0.2, -0.15) is 4.57 Å². The van der Waals surface area contributed by atoms with Crippen LogP contribution in [0.25, 0.3) is 50.4 Å². The minimum absolute atomic E-state index is 0.351. The Morgan fingerprint density at radius 1 is 0.639 bits per heavy atom. The molecule has 0 aliphatic heterocycles. The van der Waals surface area contributed by atoms with Crippen LogP contribution in [0.2, 0.25) is 0 Å². The monoisotopic (exact) mass is 468 g/mol. The van der Waals surface area contributed by atoms with E-state index >= 15 is 0 Å². The second-order valence-corrected chi connectivity index (χ2v) is 9.17. The normalized spacial score (nSPS) is 12.8. The van der Waals surface area contributed by atoms with Crippen LogP contribution >= 0.6 is 0 Å². The maximum Gasteiger partial charge on any atom is 0.295 e. The van der Waals surface area contributed by atoms with Crippen LogP contribution in [0.5, 0.6) is 0 Å². The van der Waals surface area contributed by atoms with Crippen LogP contribution in [0.1, 0.15) is 15.2 Å². The van der Waals surface area contributed by atoms with Crippen LogP contribution in [-0.2, 0) is 7.05 Å². The molecule has 1 aromatic heterocycles. The van der Waals surface area contributed by atoms with Crippen LogP contribution in [-0.4, -0.2) is 4.57 Å². The van der Waals surface area contributed by atoms with Crippen molar-refractivity contribution in [3.63, 3.8) is 0 Å². The first-order valence-electron chi connectivity index (χ1n) is 13.7. The molecule has 0 unspecified atom stereocenters. The van der Waals surface area contributed by atoms with Gasteiger partial charge < -0.3 is 0 Å². The van der Waals surface area contributed by atoms with Gasteiger partial charge in [0.15, 0.2) is 11.0 Å². The number of imidazole rings is 1. The molecule has 0 spiro atoms. The maximum atomic E-state index is 7.92. The van der Waals surface area contributed by atoms with E-state index in [0.717, 1.165) is 55.9 Å². The van der Waals surface area contributed by atoms with Crippen LogP contribution < -0.4 is 4.57 Å². The predicted octanol–water partition coefficient (Wildman–Crippen LogP) is 8.07. The summed E-state index contributed by atoms with van der Waals surface area (Å²) in [7, 11) is 2.08.